The van der Waals surface area contributed by atoms with E-state index in [1.165, 1.54) is 4.68 Å². The van der Waals surface area contributed by atoms with E-state index in [1.807, 2.05) is 12.1 Å². The predicted octanol–water partition coefficient (Wildman–Crippen LogP) is 3.20. The fourth-order valence-corrected chi connectivity index (χ4v) is 3.36. The normalized spacial score (nSPS) is 11.0. The third-order valence-corrected chi connectivity index (χ3v) is 5.24. The molecule has 3 aromatic heterocycles. The second kappa shape index (κ2) is 11.5. The first kappa shape index (κ1) is 26.4. The summed E-state index contributed by atoms with van der Waals surface area (Å²) in [6.45, 7) is 9.60. The number of hydrogen-bond acceptors (Lipinski definition) is 7. The molecule has 0 aliphatic heterocycles. The van der Waals surface area contributed by atoms with Crippen molar-refractivity contribution >= 4 is 17.8 Å². The third-order valence-electron chi connectivity index (χ3n) is 5.24. The van der Waals surface area contributed by atoms with Gasteiger partial charge < -0.3 is 15.5 Å². The van der Waals surface area contributed by atoms with Crippen LogP contribution >= 0.6 is 0 Å². The summed E-state index contributed by atoms with van der Waals surface area (Å²) >= 11 is 0. The number of rotatable bonds is 8. The Morgan fingerprint density at radius 2 is 1.86 bits per heavy atom. The summed E-state index contributed by atoms with van der Waals surface area (Å²) in [5.41, 5.74) is 5.70. The lowest BCUT2D eigenvalue weighted by Gasteiger charge is -2.19. The minimum absolute atomic E-state index is 0.0508. The molecule has 0 radical (unpaired) electrons. The van der Waals surface area contributed by atoms with Crippen molar-refractivity contribution in [3.63, 3.8) is 0 Å². The number of nitrogens with zero attached hydrogens (tertiary/aromatic N) is 3. The minimum atomic E-state index is -0.612. The van der Waals surface area contributed by atoms with Crippen molar-refractivity contribution in [2.45, 2.75) is 59.7 Å². The summed E-state index contributed by atoms with van der Waals surface area (Å²) in [6, 6.07) is 8.95. The lowest BCUT2D eigenvalue weighted by atomic mass is 10.1. The Balaban J connectivity index is 1.59. The Bertz CT molecular complexity index is 1280. The van der Waals surface area contributed by atoms with Gasteiger partial charge in [0.2, 0.25) is 5.91 Å². The van der Waals surface area contributed by atoms with Gasteiger partial charge in [0.1, 0.15) is 11.4 Å². The van der Waals surface area contributed by atoms with Crippen LogP contribution in [0.3, 0.4) is 0 Å². The Morgan fingerprint density at radius 3 is 2.53 bits per heavy atom. The highest BCUT2D eigenvalue weighted by atomic mass is 16.6. The van der Waals surface area contributed by atoms with E-state index >= 15 is 0 Å². The molecular weight excluding hydrogens is 460 g/mol. The molecule has 3 N–H and O–H groups in total. The van der Waals surface area contributed by atoms with Crippen LogP contribution in [0.4, 0.5) is 10.6 Å². The molecule has 0 aliphatic rings. The fraction of sp³-hybridized carbons (Fsp3) is 0.346. The number of ether oxygens (including phenoxy) is 1. The van der Waals surface area contributed by atoms with Gasteiger partial charge in [-0.3, -0.25) is 19.9 Å². The molecule has 0 unspecified atom stereocenters. The van der Waals surface area contributed by atoms with Gasteiger partial charge in [-0.15, -0.1) is 0 Å². The number of hydrogen-bond donors (Lipinski definition) is 3. The molecule has 0 bridgehead atoms. The van der Waals surface area contributed by atoms with Crippen molar-refractivity contribution in [1.29, 1.82) is 0 Å². The monoisotopic (exact) mass is 492 g/mol. The Morgan fingerprint density at radius 1 is 1.08 bits per heavy atom. The summed E-state index contributed by atoms with van der Waals surface area (Å²) in [7, 11) is 0. The lowest BCUT2D eigenvalue weighted by molar-refractivity contribution is -0.120. The number of pyridine rings is 3. The van der Waals surface area contributed by atoms with E-state index in [-0.39, 0.29) is 24.4 Å². The lowest BCUT2D eigenvalue weighted by Crippen LogP contribution is -2.34. The molecule has 0 fully saturated rings. The first-order chi connectivity index (χ1) is 17.0. The molecule has 0 aromatic carbocycles. The molecule has 0 aliphatic carbocycles. The Labute approximate surface area is 210 Å². The quantitative estimate of drug-likeness (QED) is 0.441. The summed E-state index contributed by atoms with van der Waals surface area (Å²) in [4.78, 5) is 46.0. The molecule has 10 heteroatoms. The summed E-state index contributed by atoms with van der Waals surface area (Å²) in [6.07, 6.45) is 4.42. The maximum atomic E-state index is 12.9. The van der Waals surface area contributed by atoms with Crippen LogP contribution in [0.1, 0.15) is 48.7 Å². The second-order valence-electron chi connectivity index (χ2n) is 9.37. The molecule has 36 heavy (non-hydrogen) atoms. The molecule has 3 aromatic rings. The Hall–Kier alpha value is -4.21. The second-order valence-corrected chi connectivity index (χ2v) is 9.37. The van der Waals surface area contributed by atoms with E-state index < -0.39 is 11.7 Å². The van der Waals surface area contributed by atoms with Crippen molar-refractivity contribution in [2.75, 3.05) is 10.7 Å². The van der Waals surface area contributed by atoms with Crippen LogP contribution in [0.2, 0.25) is 0 Å². The van der Waals surface area contributed by atoms with Crippen LogP contribution in [0.25, 0.3) is 0 Å². The van der Waals surface area contributed by atoms with E-state index in [0.29, 0.717) is 23.6 Å². The average molecular weight is 493 g/mol. The van der Waals surface area contributed by atoms with Gasteiger partial charge >= 0.3 is 6.09 Å². The van der Waals surface area contributed by atoms with Crippen LogP contribution in [-0.2, 0) is 29.0 Å². The highest BCUT2D eigenvalue weighted by molar-refractivity contribution is 5.83. The van der Waals surface area contributed by atoms with Gasteiger partial charge in [-0.2, -0.15) is 0 Å². The van der Waals surface area contributed by atoms with Crippen molar-refractivity contribution in [2.24, 2.45) is 0 Å². The number of anilines is 1. The van der Waals surface area contributed by atoms with Gasteiger partial charge in [0.15, 0.2) is 0 Å². The van der Waals surface area contributed by atoms with Gasteiger partial charge in [-0.05, 0) is 69.5 Å². The molecule has 10 nitrogen and oxygen atoms in total. The summed E-state index contributed by atoms with van der Waals surface area (Å²) < 4.78 is 6.61. The van der Waals surface area contributed by atoms with Crippen LogP contribution in [0.15, 0.2) is 53.7 Å². The van der Waals surface area contributed by atoms with Gasteiger partial charge in [0, 0.05) is 36.4 Å². The molecule has 0 saturated heterocycles. The van der Waals surface area contributed by atoms with Crippen molar-refractivity contribution in [1.82, 2.24) is 20.0 Å². The maximum absolute atomic E-state index is 12.9. The highest BCUT2D eigenvalue weighted by Crippen LogP contribution is 2.13. The minimum Gasteiger partial charge on any atom is -0.444 e. The topological polar surface area (TPSA) is 127 Å². The van der Waals surface area contributed by atoms with Gasteiger partial charge in [-0.1, -0.05) is 12.1 Å². The van der Waals surface area contributed by atoms with Crippen LogP contribution in [0, 0.1) is 13.8 Å². The van der Waals surface area contributed by atoms with Crippen molar-refractivity contribution in [3.8, 4) is 0 Å². The average Bonchev–Trinajstić information content (AvgIpc) is 2.80. The predicted molar refractivity (Wildman–Crippen MR) is 137 cm³/mol. The van der Waals surface area contributed by atoms with E-state index in [4.69, 9.17) is 4.74 Å². The number of nitrogens with one attached hydrogen (secondary N) is 3. The highest BCUT2D eigenvalue weighted by Gasteiger charge is 2.17. The van der Waals surface area contributed by atoms with Crippen LogP contribution in [0.5, 0.6) is 0 Å². The maximum Gasteiger partial charge on any atom is 0.413 e. The molecule has 0 saturated carbocycles. The number of aromatic nitrogens is 3. The zero-order chi connectivity index (χ0) is 26.3. The van der Waals surface area contributed by atoms with Gasteiger partial charge in [0.25, 0.3) is 5.56 Å². The summed E-state index contributed by atoms with van der Waals surface area (Å²) in [5, 5.41) is 5.44. The van der Waals surface area contributed by atoms with Gasteiger partial charge in [0.05, 0.1) is 13.0 Å². The standard InChI is InChI=1S/C26H32N6O4/c1-17-10-12-32(29-15-19-7-6-11-27-14-19)24(34)21(17)13-23(33)28-16-20-8-9-22(30-18(20)2)31-25(35)36-26(3,4)5/h6-12,14,29H,13,15-16H2,1-5H3,(H,28,33)(H,30,31,35). The molecular formula is C26H32N6O4. The van der Waals surface area contributed by atoms with Crippen LogP contribution in [-0.4, -0.2) is 32.2 Å². The molecule has 0 spiro atoms. The molecule has 3 rings (SSSR count). The largest absolute Gasteiger partial charge is 0.444 e. The van der Waals surface area contributed by atoms with Crippen molar-refractivity contribution < 1.29 is 14.3 Å². The molecule has 2 amide bonds. The number of carbonyl (C=O) groups is 2. The Kier molecular flexibility index (Phi) is 8.42. The zero-order valence-corrected chi connectivity index (χ0v) is 21.2. The van der Waals surface area contributed by atoms with Gasteiger partial charge in [-0.25, -0.2) is 14.5 Å². The fourth-order valence-electron chi connectivity index (χ4n) is 3.36. The summed E-state index contributed by atoms with van der Waals surface area (Å²) in [5.74, 6) is 0.0756. The molecule has 190 valence electrons. The SMILES string of the molecule is Cc1ccn(NCc2cccnc2)c(=O)c1CC(=O)NCc1ccc(NC(=O)OC(C)(C)C)nc1C. The molecule has 3 heterocycles. The first-order valence-corrected chi connectivity index (χ1v) is 11.6. The van der Waals surface area contributed by atoms with E-state index in [0.717, 1.165) is 16.7 Å². The molecule has 0 atom stereocenters. The van der Waals surface area contributed by atoms with E-state index in [2.05, 4.69) is 26.0 Å². The number of carbonyl (C=O) groups excluding carboxylic acids is 2. The van der Waals surface area contributed by atoms with E-state index in [1.54, 1.807) is 71.4 Å². The first-order valence-electron chi connectivity index (χ1n) is 11.6. The number of amides is 2. The van der Waals surface area contributed by atoms with Crippen molar-refractivity contribution in [3.05, 3.63) is 87.2 Å². The van der Waals surface area contributed by atoms with E-state index in [9.17, 15) is 14.4 Å². The smallest absolute Gasteiger partial charge is 0.413 e. The third kappa shape index (κ3) is 7.66. The number of aryl methyl sites for hydroxylation is 2. The van der Waals surface area contributed by atoms with Crippen LogP contribution < -0.4 is 21.6 Å². The zero-order valence-electron chi connectivity index (χ0n) is 21.2.